The molecule has 0 spiro atoms. The third-order valence-electron chi connectivity index (χ3n) is 4.31. The van der Waals surface area contributed by atoms with Gasteiger partial charge in [-0.15, -0.1) is 0 Å². The molecule has 0 saturated heterocycles. The number of nitrogens with one attached hydrogen (secondary N) is 2. The number of ether oxygens (including phenoxy) is 1. The van der Waals surface area contributed by atoms with Gasteiger partial charge in [0.2, 0.25) is 0 Å². The summed E-state index contributed by atoms with van der Waals surface area (Å²) in [5.41, 5.74) is 0.956. The second-order valence-electron chi connectivity index (χ2n) is 6.51. The normalized spacial score (nSPS) is 12.6. The predicted octanol–water partition coefficient (Wildman–Crippen LogP) is 4.43. The molecule has 0 radical (unpaired) electrons. The lowest BCUT2D eigenvalue weighted by atomic mass is 9.99. The van der Waals surface area contributed by atoms with E-state index >= 15 is 0 Å². The number of benzene rings is 2. The monoisotopic (exact) mass is 480 g/mol. The summed E-state index contributed by atoms with van der Waals surface area (Å²) in [5, 5.41) is 5.85. The quantitative estimate of drug-likeness (QED) is 0.546. The average molecular weight is 482 g/mol. The fourth-order valence-corrected chi connectivity index (χ4v) is 3.01. The fourth-order valence-electron chi connectivity index (χ4n) is 2.48. The lowest BCUT2D eigenvalue weighted by molar-refractivity contribution is -0.150. The van der Waals surface area contributed by atoms with Crippen LogP contribution in [0.3, 0.4) is 0 Å². The van der Waals surface area contributed by atoms with Gasteiger partial charge in [-0.05, 0) is 48.4 Å². The largest absolute Gasteiger partial charge is 0.454 e. The van der Waals surface area contributed by atoms with Crippen LogP contribution in [0.4, 0.5) is 5.69 Å². The van der Waals surface area contributed by atoms with Crippen LogP contribution in [0.1, 0.15) is 30.6 Å². The van der Waals surface area contributed by atoms with E-state index < -0.39 is 30.4 Å². The van der Waals surface area contributed by atoms with Crippen molar-refractivity contribution in [3.05, 3.63) is 63.6 Å². The Bertz CT molecular complexity index is 873. The SMILES string of the molecule is CCC(C)C(NC(=O)c1ccc(Cl)cc1)C(=O)OCC(=O)Nc1cccc(Br)c1. The second-order valence-corrected chi connectivity index (χ2v) is 7.86. The molecule has 2 atom stereocenters. The number of hydrogen-bond acceptors (Lipinski definition) is 4. The third-order valence-corrected chi connectivity index (χ3v) is 5.06. The van der Waals surface area contributed by atoms with Crippen LogP contribution in [0.15, 0.2) is 53.0 Å². The average Bonchev–Trinajstić information content (AvgIpc) is 2.70. The zero-order valence-electron chi connectivity index (χ0n) is 16.1. The molecule has 8 heteroatoms. The Morgan fingerprint density at radius 3 is 2.45 bits per heavy atom. The fraction of sp³-hybridized carbons (Fsp3) is 0.286. The van der Waals surface area contributed by atoms with Gasteiger partial charge >= 0.3 is 5.97 Å². The summed E-state index contributed by atoms with van der Waals surface area (Å²) in [7, 11) is 0. The molecular formula is C21H22BrClN2O4. The van der Waals surface area contributed by atoms with Crippen LogP contribution in [0.25, 0.3) is 0 Å². The van der Waals surface area contributed by atoms with Crippen LogP contribution in [0.5, 0.6) is 0 Å². The van der Waals surface area contributed by atoms with Gasteiger partial charge in [0.15, 0.2) is 6.61 Å². The number of anilines is 1. The number of halogens is 2. The first-order valence-corrected chi connectivity index (χ1v) is 10.3. The van der Waals surface area contributed by atoms with Gasteiger partial charge in [0.25, 0.3) is 11.8 Å². The molecule has 2 aromatic rings. The minimum atomic E-state index is -0.873. The summed E-state index contributed by atoms with van der Waals surface area (Å²) >= 11 is 9.16. The molecule has 0 bridgehead atoms. The lowest BCUT2D eigenvalue weighted by Gasteiger charge is -2.22. The number of hydrogen-bond donors (Lipinski definition) is 2. The van der Waals surface area contributed by atoms with Crippen molar-refractivity contribution in [3.8, 4) is 0 Å². The van der Waals surface area contributed by atoms with Crippen molar-refractivity contribution >= 4 is 51.0 Å². The van der Waals surface area contributed by atoms with E-state index in [2.05, 4.69) is 26.6 Å². The summed E-state index contributed by atoms with van der Waals surface area (Å²) in [6.07, 6.45) is 0.644. The van der Waals surface area contributed by atoms with Gasteiger partial charge in [-0.3, -0.25) is 9.59 Å². The van der Waals surface area contributed by atoms with Gasteiger partial charge in [-0.2, -0.15) is 0 Å². The Morgan fingerprint density at radius 2 is 1.83 bits per heavy atom. The topological polar surface area (TPSA) is 84.5 Å². The van der Waals surface area contributed by atoms with Crippen molar-refractivity contribution < 1.29 is 19.1 Å². The Kier molecular flexibility index (Phi) is 8.67. The van der Waals surface area contributed by atoms with Crippen LogP contribution in [0, 0.1) is 5.92 Å². The summed E-state index contributed by atoms with van der Waals surface area (Å²) < 4.78 is 5.96. The van der Waals surface area contributed by atoms with Crippen molar-refractivity contribution in [2.45, 2.75) is 26.3 Å². The first-order chi connectivity index (χ1) is 13.8. The van der Waals surface area contributed by atoms with Crippen LogP contribution < -0.4 is 10.6 Å². The molecule has 0 aliphatic carbocycles. The maximum absolute atomic E-state index is 12.5. The van der Waals surface area contributed by atoms with Crippen LogP contribution in [-0.2, 0) is 14.3 Å². The van der Waals surface area contributed by atoms with E-state index in [9.17, 15) is 14.4 Å². The van der Waals surface area contributed by atoms with Crippen molar-refractivity contribution in [1.82, 2.24) is 5.32 Å². The maximum atomic E-state index is 12.5. The second kappa shape index (κ2) is 11.0. The maximum Gasteiger partial charge on any atom is 0.329 e. The van der Waals surface area contributed by atoms with E-state index in [1.807, 2.05) is 19.9 Å². The Balaban J connectivity index is 1.96. The number of carbonyl (C=O) groups is 3. The van der Waals surface area contributed by atoms with Crippen LogP contribution in [0.2, 0.25) is 5.02 Å². The lowest BCUT2D eigenvalue weighted by Crippen LogP contribution is -2.46. The summed E-state index contributed by atoms with van der Waals surface area (Å²) in [5.74, 6) is -1.72. The van der Waals surface area contributed by atoms with Gasteiger partial charge in [0.1, 0.15) is 6.04 Å². The zero-order chi connectivity index (χ0) is 21.4. The first-order valence-electron chi connectivity index (χ1n) is 9.08. The van der Waals surface area contributed by atoms with Crippen LogP contribution in [-0.4, -0.2) is 30.4 Å². The molecular weight excluding hydrogens is 460 g/mol. The minimum absolute atomic E-state index is 0.174. The minimum Gasteiger partial charge on any atom is -0.454 e. The molecule has 2 N–H and O–H groups in total. The molecule has 0 saturated carbocycles. The molecule has 6 nitrogen and oxygen atoms in total. The van der Waals surface area contributed by atoms with E-state index in [1.165, 1.54) is 0 Å². The molecule has 0 fully saturated rings. The highest BCUT2D eigenvalue weighted by molar-refractivity contribution is 9.10. The number of rotatable bonds is 8. The first kappa shape index (κ1) is 22.9. The highest BCUT2D eigenvalue weighted by Gasteiger charge is 2.28. The van der Waals surface area contributed by atoms with Crippen LogP contribution >= 0.6 is 27.5 Å². The summed E-state index contributed by atoms with van der Waals surface area (Å²) in [6, 6.07) is 12.5. The van der Waals surface area contributed by atoms with Crippen molar-refractivity contribution in [2.24, 2.45) is 5.92 Å². The van der Waals surface area contributed by atoms with E-state index in [-0.39, 0.29) is 5.92 Å². The van der Waals surface area contributed by atoms with E-state index in [0.29, 0.717) is 22.7 Å². The van der Waals surface area contributed by atoms with E-state index in [4.69, 9.17) is 16.3 Å². The number of carbonyl (C=O) groups excluding carboxylic acids is 3. The molecule has 0 aliphatic rings. The Labute approximate surface area is 183 Å². The van der Waals surface area contributed by atoms with Gasteiger partial charge in [0.05, 0.1) is 0 Å². The number of amides is 2. The Hall–Kier alpha value is -2.38. The smallest absolute Gasteiger partial charge is 0.329 e. The molecule has 2 aromatic carbocycles. The van der Waals surface area contributed by atoms with E-state index in [0.717, 1.165) is 4.47 Å². The van der Waals surface area contributed by atoms with Gasteiger partial charge in [0, 0.05) is 20.7 Å². The molecule has 0 aliphatic heterocycles. The van der Waals surface area contributed by atoms with Gasteiger partial charge in [-0.1, -0.05) is 53.9 Å². The molecule has 0 heterocycles. The third kappa shape index (κ3) is 7.18. The summed E-state index contributed by atoms with van der Waals surface area (Å²) in [4.78, 5) is 37.0. The van der Waals surface area contributed by atoms with Crippen molar-refractivity contribution in [3.63, 3.8) is 0 Å². The van der Waals surface area contributed by atoms with Gasteiger partial charge in [-0.25, -0.2) is 4.79 Å². The zero-order valence-corrected chi connectivity index (χ0v) is 18.4. The molecule has 154 valence electrons. The summed E-state index contributed by atoms with van der Waals surface area (Å²) in [6.45, 7) is 3.28. The molecule has 2 amide bonds. The highest BCUT2D eigenvalue weighted by atomic mass is 79.9. The molecule has 2 rings (SSSR count). The predicted molar refractivity (Wildman–Crippen MR) is 116 cm³/mol. The van der Waals surface area contributed by atoms with Crippen molar-refractivity contribution in [1.29, 1.82) is 0 Å². The highest BCUT2D eigenvalue weighted by Crippen LogP contribution is 2.16. The molecule has 2 unspecified atom stereocenters. The molecule has 0 aromatic heterocycles. The Morgan fingerprint density at radius 1 is 1.14 bits per heavy atom. The van der Waals surface area contributed by atoms with Gasteiger partial charge < -0.3 is 15.4 Å². The standard InChI is InChI=1S/C21H22BrClN2O4/c1-3-13(2)19(25-20(27)14-7-9-16(23)10-8-14)21(28)29-12-18(26)24-17-6-4-5-15(22)11-17/h4-11,13,19H,3,12H2,1-2H3,(H,24,26)(H,25,27). The molecule has 29 heavy (non-hydrogen) atoms. The van der Waals surface area contributed by atoms with Crippen molar-refractivity contribution in [2.75, 3.05) is 11.9 Å². The number of esters is 1. The van der Waals surface area contributed by atoms with E-state index in [1.54, 1.807) is 42.5 Å².